The third-order valence-electron chi connectivity index (χ3n) is 3.48. The lowest BCUT2D eigenvalue weighted by atomic mass is 9.86. The van der Waals surface area contributed by atoms with E-state index in [1.807, 2.05) is 6.07 Å². The highest BCUT2D eigenvalue weighted by molar-refractivity contribution is 5.41. The molecular formula is C12H20N4. The van der Waals surface area contributed by atoms with E-state index in [2.05, 4.69) is 28.8 Å². The second-order valence-electron chi connectivity index (χ2n) is 4.81. The lowest BCUT2D eigenvalue weighted by Crippen LogP contribution is -2.36. The minimum absolute atomic E-state index is 0.355. The van der Waals surface area contributed by atoms with E-state index in [1.165, 1.54) is 25.7 Å². The van der Waals surface area contributed by atoms with E-state index in [9.17, 15) is 0 Å². The molecule has 1 heterocycles. The molecule has 16 heavy (non-hydrogen) atoms. The molecule has 88 valence electrons. The maximum absolute atomic E-state index is 5.60. The van der Waals surface area contributed by atoms with Gasteiger partial charge in [0.05, 0.1) is 0 Å². The molecule has 2 rings (SSSR count). The molecule has 0 amide bonds. The van der Waals surface area contributed by atoms with Crippen LogP contribution in [-0.2, 0) is 0 Å². The van der Waals surface area contributed by atoms with Gasteiger partial charge in [-0.05, 0) is 24.8 Å². The molecule has 1 aromatic rings. The Bertz CT molecular complexity index is 353. The van der Waals surface area contributed by atoms with E-state index in [0.29, 0.717) is 12.0 Å². The van der Waals surface area contributed by atoms with E-state index in [4.69, 9.17) is 5.73 Å². The molecule has 1 aromatic heterocycles. The van der Waals surface area contributed by atoms with Gasteiger partial charge in [0.2, 0.25) is 5.95 Å². The van der Waals surface area contributed by atoms with Gasteiger partial charge in [0.1, 0.15) is 5.82 Å². The zero-order valence-electron chi connectivity index (χ0n) is 10.1. The molecular weight excluding hydrogens is 200 g/mol. The van der Waals surface area contributed by atoms with Crippen LogP contribution >= 0.6 is 0 Å². The minimum Gasteiger partial charge on any atom is -0.368 e. The first-order valence-corrected chi connectivity index (χ1v) is 5.98. The Morgan fingerprint density at radius 1 is 1.44 bits per heavy atom. The first-order chi connectivity index (χ1) is 7.66. The Hall–Kier alpha value is -1.32. The van der Waals surface area contributed by atoms with E-state index >= 15 is 0 Å². The van der Waals surface area contributed by atoms with Crippen LogP contribution in [0.3, 0.4) is 0 Å². The molecule has 1 fully saturated rings. The van der Waals surface area contributed by atoms with Crippen molar-refractivity contribution >= 4 is 11.8 Å². The summed E-state index contributed by atoms with van der Waals surface area (Å²) in [5.41, 5.74) is 5.60. The third-order valence-corrected chi connectivity index (χ3v) is 3.48. The molecule has 0 aliphatic heterocycles. The van der Waals surface area contributed by atoms with Crippen LogP contribution in [-0.4, -0.2) is 23.1 Å². The Morgan fingerprint density at radius 2 is 2.25 bits per heavy atom. The van der Waals surface area contributed by atoms with E-state index in [1.54, 1.807) is 6.20 Å². The SMILES string of the molecule is CC1CCCC(N(C)c2ccnc(N)n2)C1. The molecule has 0 radical (unpaired) electrons. The van der Waals surface area contributed by atoms with Crippen LogP contribution in [0.25, 0.3) is 0 Å². The van der Waals surface area contributed by atoms with Crippen LogP contribution in [0.4, 0.5) is 11.8 Å². The summed E-state index contributed by atoms with van der Waals surface area (Å²) in [6.07, 6.45) is 6.90. The van der Waals surface area contributed by atoms with Crippen molar-refractivity contribution < 1.29 is 0 Å². The standard InChI is InChI=1S/C12H20N4/c1-9-4-3-5-10(8-9)16(2)11-6-7-14-12(13)15-11/h6-7,9-10H,3-5,8H2,1-2H3,(H2,13,14,15). The Balaban J connectivity index is 2.09. The average molecular weight is 220 g/mol. The lowest BCUT2D eigenvalue weighted by Gasteiger charge is -2.34. The van der Waals surface area contributed by atoms with E-state index < -0.39 is 0 Å². The maximum Gasteiger partial charge on any atom is 0.221 e. The van der Waals surface area contributed by atoms with Crippen LogP contribution < -0.4 is 10.6 Å². The fourth-order valence-corrected chi connectivity index (χ4v) is 2.50. The highest BCUT2D eigenvalue weighted by Crippen LogP contribution is 2.28. The molecule has 0 spiro atoms. The Morgan fingerprint density at radius 3 is 2.94 bits per heavy atom. The second kappa shape index (κ2) is 4.68. The topological polar surface area (TPSA) is 55.0 Å². The van der Waals surface area contributed by atoms with Crippen molar-refractivity contribution in [2.24, 2.45) is 5.92 Å². The molecule has 2 N–H and O–H groups in total. The van der Waals surface area contributed by atoms with E-state index in [-0.39, 0.29) is 0 Å². The summed E-state index contributed by atoms with van der Waals surface area (Å²) in [4.78, 5) is 10.4. The fraction of sp³-hybridized carbons (Fsp3) is 0.667. The molecule has 2 unspecified atom stereocenters. The van der Waals surface area contributed by atoms with Crippen molar-refractivity contribution in [2.45, 2.75) is 38.6 Å². The van der Waals surface area contributed by atoms with Gasteiger partial charge < -0.3 is 10.6 Å². The average Bonchev–Trinajstić information content (AvgIpc) is 2.28. The zero-order chi connectivity index (χ0) is 11.5. The number of aromatic nitrogens is 2. The smallest absolute Gasteiger partial charge is 0.221 e. The molecule has 1 saturated carbocycles. The van der Waals surface area contributed by atoms with Gasteiger partial charge in [-0.15, -0.1) is 0 Å². The summed E-state index contributed by atoms with van der Waals surface area (Å²) >= 11 is 0. The summed E-state index contributed by atoms with van der Waals surface area (Å²) in [6.45, 7) is 2.33. The normalized spacial score (nSPS) is 25.4. The molecule has 0 bridgehead atoms. The number of hydrogen-bond donors (Lipinski definition) is 1. The monoisotopic (exact) mass is 220 g/mol. The van der Waals surface area contributed by atoms with Crippen molar-refractivity contribution in [3.8, 4) is 0 Å². The molecule has 1 aliphatic rings. The molecule has 0 saturated heterocycles. The molecule has 2 atom stereocenters. The van der Waals surface area contributed by atoms with Crippen molar-refractivity contribution in [3.63, 3.8) is 0 Å². The van der Waals surface area contributed by atoms with Crippen molar-refractivity contribution in [1.29, 1.82) is 0 Å². The van der Waals surface area contributed by atoms with Gasteiger partial charge in [-0.3, -0.25) is 0 Å². The number of nitrogens with zero attached hydrogens (tertiary/aromatic N) is 3. The fourth-order valence-electron chi connectivity index (χ4n) is 2.50. The van der Waals surface area contributed by atoms with Crippen LogP contribution in [0.5, 0.6) is 0 Å². The van der Waals surface area contributed by atoms with Crippen LogP contribution in [0, 0.1) is 5.92 Å². The summed E-state index contributed by atoms with van der Waals surface area (Å²) in [6, 6.07) is 2.52. The number of rotatable bonds is 2. The zero-order valence-corrected chi connectivity index (χ0v) is 10.1. The molecule has 1 aliphatic carbocycles. The largest absolute Gasteiger partial charge is 0.368 e. The molecule has 0 aromatic carbocycles. The molecule has 4 heteroatoms. The van der Waals surface area contributed by atoms with Gasteiger partial charge in [-0.25, -0.2) is 4.98 Å². The quantitative estimate of drug-likeness (QED) is 0.829. The van der Waals surface area contributed by atoms with Gasteiger partial charge in [-0.1, -0.05) is 19.8 Å². The number of nitrogen functional groups attached to an aromatic ring is 1. The number of nitrogens with two attached hydrogens (primary N) is 1. The van der Waals surface area contributed by atoms with Crippen LogP contribution in [0.15, 0.2) is 12.3 Å². The minimum atomic E-state index is 0.355. The van der Waals surface area contributed by atoms with Crippen molar-refractivity contribution in [3.05, 3.63) is 12.3 Å². The predicted octanol–water partition coefficient (Wildman–Crippen LogP) is 2.07. The predicted molar refractivity (Wildman–Crippen MR) is 66.3 cm³/mol. The number of anilines is 2. The highest BCUT2D eigenvalue weighted by atomic mass is 15.2. The van der Waals surface area contributed by atoms with Gasteiger partial charge in [0.25, 0.3) is 0 Å². The second-order valence-corrected chi connectivity index (χ2v) is 4.81. The maximum atomic E-state index is 5.60. The van der Waals surface area contributed by atoms with Gasteiger partial charge in [0, 0.05) is 19.3 Å². The van der Waals surface area contributed by atoms with Crippen molar-refractivity contribution in [2.75, 3.05) is 17.7 Å². The summed E-state index contributed by atoms with van der Waals surface area (Å²) in [7, 11) is 2.10. The van der Waals surface area contributed by atoms with Gasteiger partial charge >= 0.3 is 0 Å². The third kappa shape index (κ3) is 2.43. The van der Waals surface area contributed by atoms with Gasteiger partial charge in [0.15, 0.2) is 0 Å². The Kier molecular flexibility index (Phi) is 3.27. The van der Waals surface area contributed by atoms with Crippen LogP contribution in [0.1, 0.15) is 32.6 Å². The lowest BCUT2D eigenvalue weighted by molar-refractivity contribution is 0.335. The first kappa shape index (κ1) is 11.2. The van der Waals surface area contributed by atoms with E-state index in [0.717, 1.165) is 11.7 Å². The summed E-state index contributed by atoms with van der Waals surface area (Å²) in [5.74, 6) is 2.11. The summed E-state index contributed by atoms with van der Waals surface area (Å²) in [5, 5.41) is 0. The highest BCUT2D eigenvalue weighted by Gasteiger charge is 2.23. The Labute approximate surface area is 96.9 Å². The molecule has 4 nitrogen and oxygen atoms in total. The number of hydrogen-bond acceptors (Lipinski definition) is 4. The van der Waals surface area contributed by atoms with Crippen LogP contribution in [0.2, 0.25) is 0 Å². The first-order valence-electron chi connectivity index (χ1n) is 5.98. The summed E-state index contributed by atoms with van der Waals surface area (Å²) < 4.78 is 0. The van der Waals surface area contributed by atoms with Crippen molar-refractivity contribution in [1.82, 2.24) is 9.97 Å². The van der Waals surface area contributed by atoms with Gasteiger partial charge in [-0.2, -0.15) is 4.98 Å².